The van der Waals surface area contributed by atoms with Gasteiger partial charge in [-0.25, -0.2) is 4.98 Å². The van der Waals surface area contributed by atoms with Gasteiger partial charge in [-0.15, -0.1) is 0 Å². The normalized spacial score (nSPS) is 10.7. The molecule has 0 radical (unpaired) electrons. The van der Waals surface area contributed by atoms with E-state index in [1.54, 1.807) is 18.2 Å². The monoisotopic (exact) mass is 394 g/mol. The van der Waals surface area contributed by atoms with Crippen molar-refractivity contribution in [2.24, 2.45) is 0 Å². The third kappa shape index (κ3) is 2.87. The van der Waals surface area contributed by atoms with E-state index in [1.165, 1.54) is 0 Å². The van der Waals surface area contributed by atoms with E-state index in [0.29, 0.717) is 31.4 Å². The second kappa shape index (κ2) is 5.59. The molecule has 94 valence electrons. The lowest BCUT2D eigenvalue weighted by Gasteiger charge is -2.06. The molecule has 1 heterocycles. The van der Waals surface area contributed by atoms with Gasteiger partial charge in [0, 0.05) is 15.6 Å². The molecule has 0 saturated carbocycles. The zero-order chi connectivity index (χ0) is 13.3. The van der Waals surface area contributed by atoms with Crippen molar-refractivity contribution in [3.8, 4) is 11.4 Å². The topological polar surface area (TPSA) is 45.8 Å². The van der Waals surface area contributed by atoms with Gasteiger partial charge < -0.3 is 4.98 Å². The molecule has 3 nitrogen and oxygen atoms in total. The van der Waals surface area contributed by atoms with Crippen molar-refractivity contribution in [2.45, 2.75) is 13.3 Å². The molecule has 18 heavy (non-hydrogen) atoms. The van der Waals surface area contributed by atoms with Crippen LogP contribution in [0.4, 0.5) is 0 Å². The average molecular weight is 395 g/mol. The van der Waals surface area contributed by atoms with Gasteiger partial charge in [0.15, 0.2) is 0 Å². The minimum atomic E-state index is -0.145. The van der Waals surface area contributed by atoms with Crippen molar-refractivity contribution in [1.29, 1.82) is 0 Å². The van der Waals surface area contributed by atoms with Crippen LogP contribution in [0.25, 0.3) is 11.4 Å². The predicted octanol–water partition coefficient (Wildman–Crippen LogP) is 3.91. The maximum absolute atomic E-state index is 11.8. The van der Waals surface area contributed by atoms with Crippen molar-refractivity contribution in [3.63, 3.8) is 0 Å². The summed E-state index contributed by atoms with van der Waals surface area (Å²) in [4.78, 5) is 18.9. The van der Waals surface area contributed by atoms with Crippen LogP contribution in [0.2, 0.25) is 10.0 Å². The minimum absolute atomic E-state index is 0.145. The molecule has 1 aromatic carbocycles. The zero-order valence-electron chi connectivity index (χ0n) is 9.43. The Morgan fingerprint density at radius 3 is 2.44 bits per heavy atom. The molecule has 0 fully saturated rings. The van der Waals surface area contributed by atoms with Crippen LogP contribution in [0.5, 0.6) is 0 Å². The summed E-state index contributed by atoms with van der Waals surface area (Å²) >= 11 is 13.9. The highest BCUT2D eigenvalue weighted by molar-refractivity contribution is 14.1. The second-order valence-corrected chi connectivity index (χ2v) is 5.64. The summed E-state index contributed by atoms with van der Waals surface area (Å²) in [6.07, 6.45) is 0.698. The number of H-pyrrole nitrogens is 1. The van der Waals surface area contributed by atoms with Crippen molar-refractivity contribution < 1.29 is 0 Å². The third-order valence-electron chi connectivity index (χ3n) is 2.40. The Balaban J connectivity index is 2.64. The highest BCUT2D eigenvalue weighted by Gasteiger charge is 2.10. The number of nitrogens with one attached hydrogen (secondary N) is 1. The van der Waals surface area contributed by atoms with E-state index in [4.69, 9.17) is 23.2 Å². The second-order valence-electron chi connectivity index (χ2n) is 3.69. The zero-order valence-corrected chi connectivity index (χ0v) is 13.1. The van der Waals surface area contributed by atoms with Crippen LogP contribution in [0.1, 0.15) is 12.6 Å². The highest BCUT2D eigenvalue weighted by Crippen LogP contribution is 2.25. The van der Waals surface area contributed by atoms with Crippen LogP contribution < -0.4 is 5.56 Å². The lowest BCUT2D eigenvalue weighted by atomic mass is 10.2. The van der Waals surface area contributed by atoms with E-state index in [9.17, 15) is 4.79 Å². The number of halogens is 3. The largest absolute Gasteiger partial charge is 0.306 e. The van der Waals surface area contributed by atoms with Crippen LogP contribution in [-0.4, -0.2) is 9.97 Å². The highest BCUT2D eigenvalue weighted by atomic mass is 127. The Morgan fingerprint density at radius 1 is 1.28 bits per heavy atom. The van der Waals surface area contributed by atoms with Gasteiger partial charge in [0.05, 0.1) is 9.26 Å². The molecule has 0 aliphatic rings. The summed E-state index contributed by atoms with van der Waals surface area (Å²) in [6.45, 7) is 1.96. The van der Waals surface area contributed by atoms with Crippen LogP contribution in [-0.2, 0) is 6.42 Å². The lowest BCUT2D eigenvalue weighted by Crippen LogP contribution is -2.15. The molecule has 0 spiro atoms. The number of aryl methyl sites for hydroxylation is 1. The van der Waals surface area contributed by atoms with Crippen molar-refractivity contribution in [2.75, 3.05) is 0 Å². The van der Waals surface area contributed by atoms with Gasteiger partial charge in [0.25, 0.3) is 5.56 Å². The van der Waals surface area contributed by atoms with E-state index in [2.05, 4.69) is 9.97 Å². The number of rotatable bonds is 2. The van der Waals surface area contributed by atoms with Gasteiger partial charge in [0.2, 0.25) is 0 Å². The fraction of sp³-hybridized carbons (Fsp3) is 0.167. The average Bonchev–Trinajstić information content (AvgIpc) is 2.31. The maximum Gasteiger partial charge on any atom is 0.264 e. The van der Waals surface area contributed by atoms with E-state index in [1.807, 2.05) is 29.5 Å². The van der Waals surface area contributed by atoms with E-state index in [0.717, 1.165) is 5.69 Å². The molecule has 0 bridgehead atoms. The van der Waals surface area contributed by atoms with Crippen LogP contribution in [0.3, 0.4) is 0 Å². The van der Waals surface area contributed by atoms with E-state index < -0.39 is 0 Å². The first-order chi connectivity index (χ1) is 8.51. The van der Waals surface area contributed by atoms with Gasteiger partial charge in [-0.1, -0.05) is 30.1 Å². The Bertz CT molecular complexity index is 635. The van der Waals surface area contributed by atoms with Crippen LogP contribution in [0.15, 0.2) is 23.0 Å². The number of hydrogen-bond donors (Lipinski definition) is 1. The number of aromatic amines is 1. The molecule has 0 saturated heterocycles. The predicted molar refractivity (Wildman–Crippen MR) is 82.4 cm³/mol. The molecule has 0 unspecified atom stereocenters. The molecule has 1 N–H and O–H groups in total. The fourth-order valence-corrected chi connectivity index (χ4v) is 2.73. The number of nitrogens with zero attached hydrogens (tertiary/aromatic N) is 1. The Labute approximate surface area is 128 Å². The van der Waals surface area contributed by atoms with Gasteiger partial charge in [-0.3, -0.25) is 4.79 Å². The van der Waals surface area contributed by atoms with E-state index >= 15 is 0 Å². The third-order valence-corrected chi connectivity index (χ3v) is 3.95. The lowest BCUT2D eigenvalue weighted by molar-refractivity contribution is 0.968. The summed E-state index contributed by atoms with van der Waals surface area (Å²) in [7, 11) is 0. The van der Waals surface area contributed by atoms with Crippen LogP contribution >= 0.6 is 45.8 Å². The molecular formula is C12H9Cl2IN2O. The molecule has 1 aromatic heterocycles. The molecule has 0 atom stereocenters. The van der Waals surface area contributed by atoms with Gasteiger partial charge in [0.1, 0.15) is 5.82 Å². The maximum atomic E-state index is 11.8. The first kappa shape index (κ1) is 13.8. The smallest absolute Gasteiger partial charge is 0.264 e. The minimum Gasteiger partial charge on any atom is -0.306 e. The Kier molecular flexibility index (Phi) is 4.29. The van der Waals surface area contributed by atoms with Gasteiger partial charge >= 0.3 is 0 Å². The molecule has 0 amide bonds. The molecule has 6 heteroatoms. The first-order valence-electron chi connectivity index (χ1n) is 5.26. The standard InChI is InChI=1S/C12H9Cl2IN2O/c1-2-9-10(15)12(18)17-11(16-9)6-3-7(13)5-8(14)4-6/h3-5H,2H2,1H3,(H,16,17,18). The number of aromatic nitrogens is 2. The van der Waals surface area contributed by atoms with Crippen LogP contribution in [0, 0.1) is 3.57 Å². The molecule has 2 rings (SSSR count). The summed E-state index contributed by atoms with van der Waals surface area (Å²) in [5.74, 6) is 0.488. The summed E-state index contributed by atoms with van der Waals surface area (Å²) in [5, 5.41) is 1.02. The van der Waals surface area contributed by atoms with Crippen molar-refractivity contribution in [3.05, 3.63) is 47.9 Å². The summed E-state index contributed by atoms with van der Waals surface area (Å²) in [5.41, 5.74) is 1.33. The van der Waals surface area contributed by atoms with Gasteiger partial charge in [-0.05, 0) is 47.2 Å². The van der Waals surface area contributed by atoms with Crippen molar-refractivity contribution in [1.82, 2.24) is 9.97 Å². The fourth-order valence-electron chi connectivity index (χ4n) is 1.57. The SMILES string of the molecule is CCc1nc(-c2cc(Cl)cc(Cl)c2)[nH]c(=O)c1I. The Morgan fingerprint density at radius 2 is 1.89 bits per heavy atom. The van der Waals surface area contributed by atoms with Gasteiger partial charge in [-0.2, -0.15) is 0 Å². The summed E-state index contributed by atoms with van der Waals surface area (Å²) in [6, 6.07) is 5.08. The first-order valence-corrected chi connectivity index (χ1v) is 7.10. The molecule has 0 aliphatic heterocycles. The molecule has 2 aromatic rings. The van der Waals surface area contributed by atoms with Crippen molar-refractivity contribution >= 4 is 45.8 Å². The quantitative estimate of drug-likeness (QED) is 0.785. The van der Waals surface area contributed by atoms with E-state index in [-0.39, 0.29) is 5.56 Å². The molecule has 0 aliphatic carbocycles. The molecular weight excluding hydrogens is 386 g/mol. The summed E-state index contributed by atoms with van der Waals surface area (Å²) < 4.78 is 0.618. The number of hydrogen-bond acceptors (Lipinski definition) is 2. The Hall–Kier alpha value is -0.590. The number of benzene rings is 1.